The molecule has 2 aliphatic rings. The molecule has 1 aromatic carbocycles. The molecule has 1 saturated heterocycles. The summed E-state index contributed by atoms with van der Waals surface area (Å²) in [7, 11) is 0. The van der Waals surface area contributed by atoms with Crippen LogP contribution < -0.4 is 20.3 Å². The number of rotatable bonds is 5. The lowest BCUT2D eigenvalue weighted by atomic mass is 10.0. The molecule has 2 aromatic heterocycles. The monoisotopic (exact) mass is 496 g/mol. The Kier molecular flexibility index (Phi) is 6.46. The zero-order valence-corrected chi connectivity index (χ0v) is 20.6. The van der Waals surface area contributed by atoms with E-state index in [9.17, 15) is 14.4 Å². The van der Waals surface area contributed by atoms with E-state index in [-0.39, 0.29) is 42.6 Å². The Labute approximate surface area is 206 Å². The summed E-state index contributed by atoms with van der Waals surface area (Å²) in [5, 5.41) is 3.27. The number of aromatic nitrogens is 2. The number of carbonyl (C=O) groups is 2. The first-order chi connectivity index (χ1) is 16.9. The minimum Gasteiger partial charge on any atom is -0.486 e. The van der Waals surface area contributed by atoms with Gasteiger partial charge in [0.05, 0.1) is 23.1 Å². The molecule has 4 heterocycles. The average Bonchev–Trinajstić information content (AvgIpc) is 3.21. The molecule has 2 amide bonds. The summed E-state index contributed by atoms with van der Waals surface area (Å²) in [6.07, 6.45) is 4.16. The van der Waals surface area contributed by atoms with Crippen molar-refractivity contribution in [3.8, 4) is 11.5 Å². The number of piperidine rings is 1. The van der Waals surface area contributed by atoms with Crippen molar-refractivity contribution in [1.82, 2.24) is 19.8 Å². The van der Waals surface area contributed by atoms with Gasteiger partial charge in [0, 0.05) is 12.6 Å². The number of aryl methyl sites for hydroxylation is 1. The summed E-state index contributed by atoms with van der Waals surface area (Å²) < 4.78 is 12.9. The molecule has 0 bridgehead atoms. The van der Waals surface area contributed by atoms with Crippen LogP contribution in [-0.2, 0) is 11.3 Å². The Balaban J connectivity index is 1.29. The van der Waals surface area contributed by atoms with Gasteiger partial charge >= 0.3 is 0 Å². The smallest absolute Gasteiger partial charge is 0.262 e. The lowest BCUT2D eigenvalue weighted by Crippen LogP contribution is -2.44. The van der Waals surface area contributed by atoms with Gasteiger partial charge in [-0.15, -0.1) is 11.3 Å². The Bertz CT molecular complexity index is 1330. The van der Waals surface area contributed by atoms with Crippen LogP contribution in [0.15, 0.2) is 35.4 Å². The van der Waals surface area contributed by atoms with Crippen molar-refractivity contribution < 1.29 is 19.1 Å². The highest BCUT2D eigenvalue weighted by atomic mass is 32.1. The number of para-hydroxylation sites is 2. The van der Waals surface area contributed by atoms with Gasteiger partial charge in [0.1, 0.15) is 24.1 Å². The van der Waals surface area contributed by atoms with E-state index in [1.54, 1.807) is 6.92 Å². The number of fused-ring (bicyclic) bond motifs is 2. The molecule has 0 radical (unpaired) electrons. The van der Waals surface area contributed by atoms with Crippen molar-refractivity contribution in [2.75, 3.05) is 19.7 Å². The molecule has 9 nitrogen and oxygen atoms in total. The van der Waals surface area contributed by atoms with E-state index in [0.29, 0.717) is 45.3 Å². The van der Waals surface area contributed by atoms with Crippen LogP contribution in [0, 0.1) is 6.92 Å². The fourth-order valence-electron chi connectivity index (χ4n) is 4.64. The topological polar surface area (TPSA) is 103 Å². The molecule has 0 saturated carbocycles. The lowest BCUT2D eigenvalue weighted by Gasteiger charge is -2.33. The third-order valence-electron chi connectivity index (χ3n) is 6.61. The zero-order chi connectivity index (χ0) is 24.5. The number of hydrogen-bond donors (Lipinski definition) is 1. The molecule has 3 aromatic rings. The zero-order valence-electron chi connectivity index (χ0n) is 19.8. The SMILES string of the molecule is Cc1c(C(=O)NCC2COc3ccccc3O2)sc2ncn(CC(=O)N3CCCCC3C)c(=O)c12. The minimum absolute atomic E-state index is 0.0522. The number of hydrogen-bond acceptors (Lipinski definition) is 7. The Morgan fingerprint density at radius 3 is 2.83 bits per heavy atom. The number of amides is 2. The van der Waals surface area contributed by atoms with Crippen molar-refractivity contribution in [3.63, 3.8) is 0 Å². The number of benzene rings is 1. The molecule has 0 spiro atoms. The highest BCUT2D eigenvalue weighted by Gasteiger charge is 2.26. The van der Waals surface area contributed by atoms with Gasteiger partial charge in [0.25, 0.3) is 11.5 Å². The van der Waals surface area contributed by atoms with Crippen LogP contribution in [0.3, 0.4) is 0 Å². The first-order valence-corrected chi connectivity index (χ1v) is 12.7. The second-order valence-corrected chi connectivity index (χ2v) is 10.1. The summed E-state index contributed by atoms with van der Waals surface area (Å²) in [6.45, 7) is 5.04. The molecule has 35 heavy (non-hydrogen) atoms. The predicted molar refractivity (Wildman–Crippen MR) is 132 cm³/mol. The van der Waals surface area contributed by atoms with Crippen molar-refractivity contribution in [2.45, 2.75) is 51.8 Å². The second-order valence-electron chi connectivity index (χ2n) is 9.05. The summed E-state index contributed by atoms with van der Waals surface area (Å²) in [5.41, 5.74) is 0.265. The van der Waals surface area contributed by atoms with Crippen molar-refractivity contribution in [2.24, 2.45) is 0 Å². The molecule has 2 atom stereocenters. The highest BCUT2D eigenvalue weighted by Crippen LogP contribution is 2.31. The molecule has 184 valence electrons. The Morgan fingerprint density at radius 2 is 2.03 bits per heavy atom. The summed E-state index contributed by atoms with van der Waals surface area (Å²) in [4.78, 5) is 46.1. The largest absolute Gasteiger partial charge is 0.486 e. The maximum absolute atomic E-state index is 13.2. The molecule has 10 heteroatoms. The summed E-state index contributed by atoms with van der Waals surface area (Å²) >= 11 is 1.17. The van der Waals surface area contributed by atoms with Crippen LogP contribution in [0.25, 0.3) is 10.2 Å². The van der Waals surface area contributed by atoms with Gasteiger partial charge in [-0.3, -0.25) is 19.0 Å². The lowest BCUT2D eigenvalue weighted by molar-refractivity contribution is -0.135. The van der Waals surface area contributed by atoms with E-state index in [0.717, 1.165) is 19.3 Å². The first-order valence-electron chi connectivity index (χ1n) is 11.9. The molecule has 5 rings (SSSR count). The van der Waals surface area contributed by atoms with Crippen LogP contribution in [0.5, 0.6) is 11.5 Å². The molecular weight excluding hydrogens is 468 g/mol. The minimum atomic E-state index is -0.318. The van der Waals surface area contributed by atoms with E-state index < -0.39 is 0 Å². The van der Waals surface area contributed by atoms with Crippen LogP contribution in [-0.4, -0.2) is 58.1 Å². The number of ether oxygens (including phenoxy) is 2. The van der Waals surface area contributed by atoms with E-state index >= 15 is 0 Å². The van der Waals surface area contributed by atoms with E-state index in [1.807, 2.05) is 36.1 Å². The van der Waals surface area contributed by atoms with Crippen LogP contribution in [0.2, 0.25) is 0 Å². The Morgan fingerprint density at radius 1 is 1.23 bits per heavy atom. The molecular formula is C25H28N4O5S. The normalized spacial score (nSPS) is 19.5. The number of likely N-dealkylation sites (tertiary alicyclic amines) is 1. The Hall–Kier alpha value is -3.40. The fourth-order valence-corrected chi connectivity index (χ4v) is 5.70. The molecule has 2 unspecified atom stereocenters. The fraction of sp³-hybridized carbons (Fsp3) is 0.440. The van der Waals surface area contributed by atoms with E-state index in [4.69, 9.17) is 9.47 Å². The maximum atomic E-state index is 13.2. The molecule has 2 aliphatic heterocycles. The molecule has 1 fully saturated rings. The van der Waals surface area contributed by atoms with Crippen molar-refractivity contribution >= 4 is 33.4 Å². The third-order valence-corrected chi connectivity index (χ3v) is 7.81. The van der Waals surface area contributed by atoms with Crippen LogP contribution in [0.4, 0.5) is 0 Å². The predicted octanol–water partition coefficient (Wildman–Crippen LogP) is 2.74. The van der Waals surface area contributed by atoms with Gasteiger partial charge < -0.3 is 19.7 Å². The van der Waals surface area contributed by atoms with Gasteiger partial charge in [0.15, 0.2) is 11.5 Å². The first kappa shape index (κ1) is 23.3. The summed E-state index contributed by atoms with van der Waals surface area (Å²) in [5.74, 6) is 0.958. The van der Waals surface area contributed by atoms with Gasteiger partial charge in [-0.05, 0) is 50.8 Å². The maximum Gasteiger partial charge on any atom is 0.262 e. The van der Waals surface area contributed by atoms with Crippen molar-refractivity contribution in [3.05, 3.63) is 51.4 Å². The standard InChI is InChI=1S/C25H28N4O5S/c1-15-7-5-6-10-29(15)20(30)12-28-14-27-24-21(25(28)32)16(2)22(35-24)23(31)26-11-17-13-33-18-8-3-4-9-19(18)34-17/h3-4,8-9,14-15,17H,5-7,10-13H2,1-2H3,(H,26,31). The average molecular weight is 497 g/mol. The van der Waals surface area contributed by atoms with Gasteiger partial charge in [0.2, 0.25) is 5.91 Å². The quantitative estimate of drug-likeness (QED) is 0.583. The third kappa shape index (κ3) is 4.62. The summed E-state index contributed by atoms with van der Waals surface area (Å²) in [6, 6.07) is 7.58. The van der Waals surface area contributed by atoms with Crippen LogP contribution in [0.1, 0.15) is 41.4 Å². The van der Waals surface area contributed by atoms with Crippen molar-refractivity contribution in [1.29, 1.82) is 0 Å². The number of carbonyl (C=O) groups excluding carboxylic acids is 2. The number of thiophene rings is 1. The molecule has 1 N–H and O–H groups in total. The van der Waals surface area contributed by atoms with Crippen LogP contribution >= 0.6 is 11.3 Å². The number of nitrogens with one attached hydrogen (secondary N) is 1. The molecule has 0 aliphatic carbocycles. The van der Waals surface area contributed by atoms with E-state index in [2.05, 4.69) is 10.3 Å². The van der Waals surface area contributed by atoms with Gasteiger partial charge in [-0.25, -0.2) is 4.98 Å². The second kappa shape index (κ2) is 9.69. The van der Waals surface area contributed by atoms with E-state index in [1.165, 1.54) is 22.2 Å². The van der Waals surface area contributed by atoms with Gasteiger partial charge in [-0.1, -0.05) is 12.1 Å². The highest BCUT2D eigenvalue weighted by molar-refractivity contribution is 7.20. The number of nitrogens with zero attached hydrogens (tertiary/aromatic N) is 3. The van der Waals surface area contributed by atoms with Gasteiger partial charge in [-0.2, -0.15) is 0 Å².